The summed E-state index contributed by atoms with van der Waals surface area (Å²) in [4.78, 5) is 2.34. The van der Waals surface area contributed by atoms with Crippen LogP contribution in [0.5, 0.6) is 0 Å². The molecule has 1 aliphatic rings. The lowest BCUT2D eigenvalue weighted by molar-refractivity contribution is 0.00531. The van der Waals surface area contributed by atoms with Crippen molar-refractivity contribution in [1.29, 1.82) is 0 Å². The summed E-state index contributed by atoms with van der Waals surface area (Å²) in [6.45, 7) is 4.53. The van der Waals surface area contributed by atoms with Crippen molar-refractivity contribution in [2.45, 2.75) is 19.8 Å². The van der Waals surface area contributed by atoms with Crippen LogP contribution in [0.25, 0.3) is 0 Å². The fourth-order valence-corrected chi connectivity index (χ4v) is 6.15. The topological polar surface area (TPSA) is 40.2 Å². The molecule has 0 bridgehead atoms. The Morgan fingerprint density at radius 3 is 1.34 bits per heavy atom. The molecular formula is C26H31NO4Si. The molecular weight excluding hydrogens is 418 g/mol. The third kappa shape index (κ3) is 7.10. The molecule has 0 aromatic heterocycles. The monoisotopic (exact) mass is 449 g/mol. The van der Waals surface area contributed by atoms with E-state index in [0.717, 1.165) is 43.0 Å². The second kappa shape index (κ2) is 12.1. The van der Waals surface area contributed by atoms with Crippen LogP contribution in [0.2, 0.25) is 0 Å². The number of morpholine rings is 1. The predicted octanol–water partition coefficient (Wildman–Crippen LogP) is 4.45. The molecule has 0 amide bonds. The van der Waals surface area contributed by atoms with Crippen molar-refractivity contribution in [3.8, 4) is 0 Å². The van der Waals surface area contributed by atoms with E-state index < -0.39 is 8.80 Å². The zero-order valence-corrected chi connectivity index (χ0v) is 19.4. The second-order valence-corrected chi connectivity index (χ2v) is 10.4. The fraction of sp³-hybridized carbons (Fsp3) is 0.308. The first-order chi connectivity index (χ1) is 15.8. The van der Waals surface area contributed by atoms with Gasteiger partial charge >= 0.3 is 8.80 Å². The van der Waals surface area contributed by atoms with Gasteiger partial charge in [-0.05, 0) is 16.7 Å². The van der Waals surface area contributed by atoms with Crippen LogP contribution in [0, 0.1) is 0 Å². The highest BCUT2D eigenvalue weighted by molar-refractivity contribution is 6.60. The Morgan fingerprint density at radius 1 is 0.594 bits per heavy atom. The summed E-state index contributed by atoms with van der Waals surface area (Å²) < 4.78 is 25.3. The lowest BCUT2D eigenvalue weighted by Gasteiger charge is -2.36. The third-order valence-electron chi connectivity index (χ3n) is 5.43. The first kappa shape index (κ1) is 22.9. The molecule has 0 spiro atoms. The zero-order valence-electron chi connectivity index (χ0n) is 18.4. The van der Waals surface area contributed by atoms with Gasteiger partial charge in [0.25, 0.3) is 0 Å². The van der Waals surface area contributed by atoms with Gasteiger partial charge in [0.05, 0.1) is 39.2 Å². The number of rotatable bonds is 11. The Hall–Kier alpha value is -2.32. The highest BCUT2D eigenvalue weighted by atomic mass is 28.4. The maximum Gasteiger partial charge on any atom is 0.516 e. The molecule has 3 aromatic rings. The lowest BCUT2D eigenvalue weighted by Crippen LogP contribution is -2.56. The molecule has 0 atom stereocenters. The molecule has 1 heterocycles. The average molecular weight is 450 g/mol. The fourth-order valence-electron chi connectivity index (χ4n) is 3.60. The van der Waals surface area contributed by atoms with Gasteiger partial charge < -0.3 is 18.0 Å². The van der Waals surface area contributed by atoms with Crippen LogP contribution >= 0.6 is 0 Å². The Labute approximate surface area is 191 Å². The molecule has 1 saturated heterocycles. The third-order valence-corrected chi connectivity index (χ3v) is 8.01. The summed E-state index contributed by atoms with van der Waals surface area (Å²) in [5.41, 5.74) is 3.33. The minimum atomic E-state index is -3.06. The number of nitrogens with zero attached hydrogens (tertiary/aromatic N) is 1. The molecule has 168 valence electrons. The van der Waals surface area contributed by atoms with Crippen LogP contribution in [-0.2, 0) is 37.8 Å². The number of hydrogen-bond donors (Lipinski definition) is 0. The van der Waals surface area contributed by atoms with Crippen molar-refractivity contribution in [1.82, 2.24) is 4.90 Å². The van der Waals surface area contributed by atoms with Gasteiger partial charge in [-0.1, -0.05) is 91.0 Å². The number of benzene rings is 3. The van der Waals surface area contributed by atoms with Crippen LogP contribution in [0.3, 0.4) is 0 Å². The Morgan fingerprint density at radius 2 is 0.969 bits per heavy atom. The van der Waals surface area contributed by atoms with Gasteiger partial charge in [0.15, 0.2) is 0 Å². The summed E-state index contributed by atoms with van der Waals surface area (Å²) in [5.74, 6) is 0. The van der Waals surface area contributed by atoms with Crippen LogP contribution in [-0.4, -0.2) is 46.2 Å². The van der Waals surface area contributed by atoms with Crippen molar-refractivity contribution in [3.05, 3.63) is 108 Å². The first-order valence-corrected chi connectivity index (χ1v) is 13.1. The highest BCUT2D eigenvalue weighted by Crippen LogP contribution is 2.20. The first-order valence-electron chi connectivity index (χ1n) is 11.2. The van der Waals surface area contributed by atoms with Crippen LogP contribution in [0.4, 0.5) is 0 Å². The van der Waals surface area contributed by atoms with Crippen LogP contribution in [0.1, 0.15) is 16.7 Å². The number of hydrogen-bond acceptors (Lipinski definition) is 5. The average Bonchev–Trinajstić information content (AvgIpc) is 2.87. The van der Waals surface area contributed by atoms with E-state index in [1.807, 2.05) is 54.6 Å². The van der Waals surface area contributed by atoms with Crippen molar-refractivity contribution in [2.75, 3.05) is 32.5 Å². The van der Waals surface area contributed by atoms with Crippen molar-refractivity contribution >= 4 is 8.80 Å². The van der Waals surface area contributed by atoms with Crippen LogP contribution < -0.4 is 0 Å². The molecule has 0 unspecified atom stereocenters. The van der Waals surface area contributed by atoms with Gasteiger partial charge in [-0.3, -0.25) is 4.90 Å². The summed E-state index contributed by atoms with van der Waals surface area (Å²) in [5, 5.41) is 0. The molecule has 3 aromatic carbocycles. The molecule has 0 N–H and O–H groups in total. The van der Waals surface area contributed by atoms with E-state index in [0.29, 0.717) is 26.0 Å². The van der Waals surface area contributed by atoms with Gasteiger partial charge in [0, 0.05) is 13.1 Å². The molecule has 0 aliphatic carbocycles. The van der Waals surface area contributed by atoms with Gasteiger partial charge in [-0.15, -0.1) is 0 Å². The summed E-state index contributed by atoms with van der Waals surface area (Å²) in [7, 11) is -3.06. The van der Waals surface area contributed by atoms with Crippen LogP contribution in [0.15, 0.2) is 91.0 Å². The minimum Gasteiger partial charge on any atom is -0.379 e. The van der Waals surface area contributed by atoms with Crippen molar-refractivity contribution < 1.29 is 18.0 Å². The molecule has 4 rings (SSSR count). The Balaban J connectivity index is 1.54. The van der Waals surface area contributed by atoms with Gasteiger partial charge in [0.1, 0.15) is 0 Å². The quantitative estimate of drug-likeness (QED) is 0.405. The predicted molar refractivity (Wildman–Crippen MR) is 127 cm³/mol. The highest BCUT2D eigenvalue weighted by Gasteiger charge is 2.44. The van der Waals surface area contributed by atoms with Crippen molar-refractivity contribution in [3.63, 3.8) is 0 Å². The molecule has 5 nitrogen and oxygen atoms in total. The van der Waals surface area contributed by atoms with E-state index in [-0.39, 0.29) is 0 Å². The summed E-state index contributed by atoms with van der Waals surface area (Å²) in [6.07, 6.45) is 0.642. The maximum absolute atomic E-state index is 6.57. The van der Waals surface area contributed by atoms with Gasteiger partial charge in [-0.25, -0.2) is 0 Å². The number of ether oxygens (including phenoxy) is 1. The summed E-state index contributed by atoms with van der Waals surface area (Å²) in [6, 6.07) is 30.6. The molecule has 0 radical (unpaired) electrons. The Kier molecular flexibility index (Phi) is 8.61. The van der Waals surface area contributed by atoms with Crippen molar-refractivity contribution in [2.24, 2.45) is 0 Å². The Bertz CT molecular complexity index is 799. The normalized spacial score (nSPS) is 15.0. The smallest absolute Gasteiger partial charge is 0.379 e. The van der Waals surface area contributed by atoms with E-state index in [9.17, 15) is 0 Å². The van der Waals surface area contributed by atoms with E-state index in [4.69, 9.17) is 18.0 Å². The van der Waals surface area contributed by atoms with E-state index in [2.05, 4.69) is 41.3 Å². The lowest BCUT2D eigenvalue weighted by atomic mass is 10.2. The van der Waals surface area contributed by atoms with Gasteiger partial charge in [0.2, 0.25) is 0 Å². The van der Waals surface area contributed by atoms with E-state index >= 15 is 0 Å². The minimum absolute atomic E-state index is 0.459. The largest absolute Gasteiger partial charge is 0.516 e. The molecule has 1 aliphatic heterocycles. The zero-order chi connectivity index (χ0) is 21.9. The summed E-state index contributed by atoms with van der Waals surface area (Å²) >= 11 is 0. The van der Waals surface area contributed by atoms with E-state index in [1.165, 1.54) is 0 Å². The molecule has 32 heavy (non-hydrogen) atoms. The molecule has 1 fully saturated rings. The SMILES string of the molecule is c1ccc(CO[Si](CN2CCOCC2)(OCc2ccccc2)OCc2ccccc2)cc1. The maximum atomic E-state index is 6.57. The second-order valence-electron chi connectivity index (χ2n) is 7.89. The van der Waals surface area contributed by atoms with Gasteiger partial charge in [-0.2, -0.15) is 0 Å². The standard InChI is InChI=1S/C26H31NO4Si/c1-4-10-24(11-5-1)20-29-32(23-27-16-18-28-19-17-27,30-21-25-12-6-2-7-13-25)31-22-26-14-8-3-9-15-26/h1-15H,16-23H2. The van der Waals surface area contributed by atoms with E-state index in [1.54, 1.807) is 0 Å². The molecule has 0 saturated carbocycles. The molecule has 6 heteroatoms.